The first-order chi connectivity index (χ1) is 8.55. The minimum Gasteiger partial charge on any atom is -0.329 e. The van der Waals surface area contributed by atoms with Gasteiger partial charge in [-0.15, -0.1) is 0 Å². The van der Waals surface area contributed by atoms with Crippen LogP contribution in [0.4, 0.5) is 0 Å². The van der Waals surface area contributed by atoms with E-state index < -0.39 is 0 Å². The summed E-state index contributed by atoms with van der Waals surface area (Å²) in [4.78, 5) is 6.60. The number of rotatable bonds is 6. The van der Waals surface area contributed by atoms with Gasteiger partial charge in [0, 0.05) is 31.0 Å². The Balaban J connectivity index is 2.17. The van der Waals surface area contributed by atoms with Gasteiger partial charge in [-0.3, -0.25) is 9.88 Å². The molecule has 18 heavy (non-hydrogen) atoms. The van der Waals surface area contributed by atoms with Gasteiger partial charge < -0.3 is 5.73 Å². The highest BCUT2D eigenvalue weighted by atomic mass is 15.2. The molecule has 1 aromatic heterocycles. The Hall–Kier alpha value is -0.930. The van der Waals surface area contributed by atoms with E-state index in [-0.39, 0.29) is 5.54 Å². The third-order valence-electron chi connectivity index (χ3n) is 4.90. The second kappa shape index (κ2) is 4.98. The van der Waals surface area contributed by atoms with E-state index in [1.807, 2.05) is 12.4 Å². The minimum atomic E-state index is 0.102. The number of pyridine rings is 1. The molecular formula is C15H25N3. The van der Waals surface area contributed by atoms with Crippen LogP contribution in [0, 0.1) is 5.41 Å². The van der Waals surface area contributed by atoms with Crippen molar-refractivity contribution in [2.45, 2.75) is 45.7 Å². The molecule has 1 aliphatic rings. The van der Waals surface area contributed by atoms with Crippen molar-refractivity contribution in [2.24, 2.45) is 11.1 Å². The third kappa shape index (κ3) is 2.29. The molecule has 0 aromatic carbocycles. The molecule has 1 atom stereocenters. The summed E-state index contributed by atoms with van der Waals surface area (Å²) >= 11 is 0. The largest absolute Gasteiger partial charge is 0.329 e. The van der Waals surface area contributed by atoms with E-state index in [0.717, 1.165) is 19.6 Å². The lowest BCUT2D eigenvalue weighted by molar-refractivity contribution is 0.0450. The highest BCUT2D eigenvalue weighted by molar-refractivity contribution is 5.14. The summed E-state index contributed by atoms with van der Waals surface area (Å²) in [6, 6.07) is 4.18. The van der Waals surface area contributed by atoms with Crippen LogP contribution in [0.3, 0.4) is 0 Å². The molecule has 0 aliphatic heterocycles. The van der Waals surface area contributed by atoms with Crippen molar-refractivity contribution in [2.75, 3.05) is 13.1 Å². The van der Waals surface area contributed by atoms with Crippen LogP contribution < -0.4 is 5.73 Å². The Morgan fingerprint density at radius 2 is 2.00 bits per heavy atom. The van der Waals surface area contributed by atoms with Gasteiger partial charge >= 0.3 is 0 Å². The second-order valence-corrected chi connectivity index (χ2v) is 5.91. The number of likely N-dealkylation sites (N-methyl/N-ethyl adjacent to an activating group) is 1. The number of hydrogen-bond donors (Lipinski definition) is 1. The van der Waals surface area contributed by atoms with Crippen molar-refractivity contribution in [3.63, 3.8) is 0 Å². The molecule has 0 saturated heterocycles. The molecule has 100 valence electrons. The molecule has 0 spiro atoms. The standard InChI is InChI=1S/C15H25N3/c1-4-18(11-13-5-9-17-10-6-13)15(3,12-16)14(2)7-8-14/h5-6,9-10H,4,7-8,11-12,16H2,1-3H3. The Labute approximate surface area is 110 Å². The van der Waals surface area contributed by atoms with Crippen LogP contribution in [0.2, 0.25) is 0 Å². The molecule has 3 heteroatoms. The molecule has 1 saturated carbocycles. The molecule has 1 fully saturated rings. The first kappa shape index (κ1) is 13.5. The van der Waals surface area contributed by atoms with Crippen molar-refractivity contribution in [3.8, 4) is 0 Å². The van der Waals surface area contributed by atoms with Crippen molar-refractivity contribution in [3.05, 3.63) is 30.1 Å². The van der Waals surface area contributed by atoms with Gasteiger partial charge in [-0.2, -0.15) is 0 Å². The molecule has 0 amide bonds. The van der Waals surface area contributed by atoms with E-state index in [1.54, 1.807) is 0 Å². The number of nitrogens with two attached hydrogens (primary N) is 1. The van der Waals surface area contributed by atoms with E-state index in [9.17, 15) is 0 Å². The fourth-order valence-electron chi connectivity index (χ4n) is 2.83. The molecule has 2 rings (SSSR count). The zero-order chi connectivity index (χ0) is 13.2. The van der Waals surface area contributed by atoms with Crippen LogP contribution in [0.25, 0.3) is 0 Å². The minimum absolute atomic E-state index is 0.102. The van der Waals surface area contributed by atoms with Gasteiger partial charge in [0.1, 0.15) is 0 Å². The smallest absolute Gasteiger partial charge is 0.0360 e. The average Bonchev–Trinajstić information content (AvgIpc) is 3.16. The number of hydrogen-bond acceptors (Lipinski definition) is 3. The molecule has 1 aromatic rings. The number of aromatic nitrogens is 1. The lowest BCUT2D eigenvalue weighted by Gasteiger charge is -2.45. The van der Waals surface area contributed by atoms with Gasteiger partial charge in [0.2, 0.25) is 0 Å². The Morgan fingerprint density at radius 3 is 2.44 bits per heavy atom. The van der Waals surface area contributed by atoms with Gasteiger partial charge in [-0.1, -0.05) is 13.8 Å². The van der Waals surface area contributed by atoms with Crippen LogP contribution >= 0.6 is 0 Å². The topological polar surface area (TPSA) is 42.2 Å². The molecule has 1 heterocycles. The van der Waals surface area contributed by atoms with Crippen LogP contribution in [0.5, 0.6) is 0 Å². The van der Waals surface area contributed by atoms with Crippen LogP contribution in [-0.2, 0) is 6.54 Å². The molecular weight excluding hydrogens is 222 g/mol. The van der Waals surface area contributed by atoms with Crippen LogP contribution in [-0.4, -0.2) is 28.5 Å². The van der Waals surface area contributed by atoms with Crippen LogP contribution in [0.15, 0.2) is 24.5 Å². The van der Waals surface area contributed by atoms with Crippen LogP contribution in [0.1, 0.15) is 39.2 Å². The second-order valence-electron chi connectivity index (χ2n) is 5.91. The molecule has 0 radical (unpaired) electrons. The Morgan fingerprint density at radius 1 is 1.39 bits per heavy atom. The summed E-state index contributed by atoms with van der Waals surface area (Å²) in [6.07, 6.45) is 6.32. The van der Waals surface area contributed by atoms with Crippen molar-refractivity contribution in [1.82, 2.24) is 9.88 Å². The van der Waals surface area contributed by atoms with Gasteiger partial charge in [0.15, 0.2) is 0 Å². The maximum absolute atomic E-state index is 6.11. The fourth-order valence-corrected chi connectivity index (χ4v) is 2.83. The van der Waals surface area contributed by atoms with Crippen molar-refractivity contribution >= 4 is 0 Å². The Bertz CT molecular complexity index is 386. The van der Waals surface area contributed by atoms with Gasteiger partial charge in [-0.05, 0) is 49.4 Å². The van der Waals surface area contributed by atoms with E-state index in [0.29, 0.717) is 5.41 Å². The fraction of sp³-hybridized carbons (Fsp3) is 0.667. The van der Waals surface area contributed by atoms with E-state index in [1.165, 1.54) is 18.4 Å². The van der Waals surface area contributed by atoms with Gasteiger partial charge in [0.25, 0.3) is 0 Å². The summed E-state index contributed by atoms with van der Waals surface area (Å²) < 4.78 is 0. The summed E-state index contributed by atoms with van der Waals surface area (Å²) in [5.74, 6) is 0. The zero-order valence-corrected chi connectivity index (χ0v) is 11.8. The first-order valence-corrected chi connectivity index (χ1v) is 6.90. The normalized spacial score (nSPS) is 20.7. The predicted molar refractivity (Wildman–Crippen MR) is 75.1 cm³/mol. The summed E-state index contributed by atoms with van der Waals surface area (Å²) in [5.41, 5.74) is 7.92. The lowest BCUT2D eigenvalue weighted by atomic mass is 9.81. The first-order valence-electron chi connectivity index (χ1n) is 6.90. The number of nitrogens with zero attached hydrogens (tertiary/aromatic N) is 2. The molecule has 0 bridgehead atoms. The zero-order valence-electron chi connectivity index (χ0n) is 11.8. The molecule has 1 unspecified atom stereocenters. The van der Waals surface area contributed by atoms with Crippen molar-refractivity contribution in [1.29, 1.82) is 0 Å². The summed E-state index contributed by atoms with van der Waals surface area (Å²) in [5, 5.41) is 0. The SMILES string of the molecule is CCN(Cc1ccncc1)C(C)(CN)C1(C)CC1. The highest BCUT2D eigenvalue weighted by Crippen LogP contribution is 2.55. The molecule has 3 nitrogen and oxygen atoms in total. The predicted octanol–water partition coefficient (Wildman–Crippen LogP) is 2.42. The monoisotopic (exact) mass is 247 g/mol. The van der Waals surface area contributed by atoms with Crippen molar-refractivity contribution < 1.29 is 0 Å². The maximum atomic E-state index is 6.11. The third-order valence-corrected chi connectivity index (χ3v) is 4.90. The van der Waals surface area contributed by atoms with E-state index >= 15 is 0 Å². The van der Waals surface area contributed by atoms with E-state index in [4.69, 9.17) is 5.73 Å². The average molecular weight is 247 g/mol. The maximum Gasteiger partial charge on any atom is 0.0360 e. The summed E-state index contributed by atoms with van der Waals surface area (Å²) in [6.45, 7) is 9.64. The summed E-state index contributed by atoms with van der Waals surface area (Å²) in [7, 11) is 0. The van der Waals surface area contributed by atoms with Gasteiger partial charge in [0.05, 0.1) is 0 Å². The molecule has 2 N–H and O–H groups in total. The highest BCUT2D eigenvalue weighted by Gasteiger charge is 2.54. The quantitative estimate of drug-likeness (QED) is 0.839. The van der Waals surface area contributed by atoms with E-state index in [2.05, 4.69) is 42.8 Å². The van der Waals surface area contributed by atoms with Gasteiger partial charge in [-0.25, -0.2) is 0 Å². The lowest BCUT2D eigenvalue weighted by Crippen LogP contribution is -2.56. The molecule has 1 aliphatic carbocycles. The Kier molecular flexibility index (Phi) is 3.74.